The Labute approximate surface area is 63.2 Å². The van der Waals surface area contributed by atoms with Crippen molar-refractivity contribution in [2.24, 2.45) is 0 Å². The van der Waals surface area contributed by atoms with Crippen molar-refractivity contribution in [1.82, 2.24) is 4.90 Å². The molecular formula is C8H17NO. The Kier molecular flexibility index (Phi) is 3.16. The lowest BCUT2D eigenvalue weighted by molar-refractivity contribution is 0.0827. The third kappa shape index (κ3) is 2.27. The molecule has 2 nitrogen and oxygen atoms in total. The maximum atomic E-state index is 5.52. The molecule has 0 spiro atoms. The number of nitrogens with zero attached hydrogens (tertiary/aromatic N) is 1. The molecule has 1 aliphatic heterocycles. The average molecular weight is 143 g/mol. The summed E-state index contributed by atoms with van der Waals surface area (Å²) < 4.78 is 5.52. The van der Waals surface area contributed by atoms with Gasteiger partial charge in [0.05, 0.1) is 0 Å². The van der Waals surface area contributed by atoms with Crippen LogP contribution >= 0.6 is 0 Å². The van der Waals surface area contributed by atoms with E-state index in [2.05, 4.69) is 18.7 Å². The zero-order chi connectivity index (χ0) is 7.40. The Balaban J connectivity index is 1.87. The van der Waals surface area contributed by atoms with Crippen LogP contribution in [0, 0.1) is 0 Å². The first-order valence-electron chi connectivity index (χ1n) is 4.24. The summed E-state index contributed by atoms with van der Waals surface area (Å²) in [7, 11) is 0. The maximum absolute atomic E-state index is 5.52. The molecule has 0 saturated carbocycles. The first kappa shape index (κ1) is 8.02. The highest BCUT2D eigenvalue weighted by molar-refractivity contribution is 4.78. The summed E-state index contributed by atoms with van der Waals surface area (Å²) in [4.78, 5) is 2.32. The molecule has 0 aliphatic carbocycles. The SMILES string of the molecule is CCCCOC1CN1CC. The van der Waals surface area contributed by atoms with Crippen molar-refractivity contribution < 1.29 is 4.74 Å². The molecule has 0 aromatic heterocycles. The van der Waals surface area contributed by atoms with Gasteiger partial charge in [-0.3, -0.25) is 4.90 Å². The Morgan fingerprint density at radius 3 is 2.80 bits per heavy atom. The van der Waals surface area contributed by atoms with Crippen LogP contribution in [-0.4, -0.2) is 30.8 Å². The van der Waals surface area contributed by atoms with E-state index in [0.717, 1.165) is 19.7 Å². The number of rotatable bonds is 5. The van der Waals surface area contributed by atoms with Crippen molar-refractivity contribution in [3.05, 3.63) is 0 Å². The third-order valence-electron chi connectivity index (χ3n) is 1.88. The lowest BCUT2D eigenvalue weighted by atomic mass is 10.4. The van der Waals surface area contributed by atoms with Crippen LogP contribution in [0.3, 0.4) is 0 Å². The van der Waals surface area contributed by atoms with Crippen LogP contribution in [0.1, 0.15) is 26.7 Å². The quantitative estimate of drug-likeness (QED) is 0.426. The van der Waals surface area contributed by atoms with E-state index in [9.17, 15) is 0 Å². The molecular weight excluding hydrogens is 126 g/mol. The van der Waals surface area contributed by atoms with Crippen LogP contribution in [0.15, 0.2) is 0 Å². The summed E-state index contributed by atoms with van der Waals surface area (Å²) >= 11 is 0. The zero-order valence-electron chi connectivity index (χ0n) is 6.97. The normalized spacial score (nSPS) is 30.6. The molecule has 0 aromatic carbocycles. The van der Waals surface area contributed by atoms with Gasteiger partial charge in [-0.2, -0.15) is 0 Å². The summed E-state index contributed by atoms with van der Waals surface area (Å²) in [6, 6.07) is 0. The van der Waals surface area contributed by atoms with Gasteiger partial charge in [0.15, 0.2) is 0 Å². The first-order valence-corrected chi connectivity index (χ1v) is 4.24. The number of ether oxygens (including phenoxy) is 1. The molecule has 0 aromatic rings. The van der Waals surface area contributed by atoms with Crippen molar-refractivity contribution in [2.45, 2.75) is 32.9 Å². The molecule has 0 amide bonds. The van der Waals surface area contributed by atoms with E-state index in [-0.39, 0.29) is 0 Å². The van der Waals surface area contributed by atoms with Crippen LogP contribution in [0.5, 0.6) is 0 Å². The van der Waals surface area contributed by atoms with Gasteiger partial charge in [0.2, 0.25) is 0 Å². The molecule has 1 fully saturated rings. The monoisotopic (exact) mass is 143 g/mol. The van der Waals surface area contributed by atoms with Crippen LogP contribution in [0.2, 0.25) is 0 Å². The van der Waals surface area contributed by atoms with E-state index in [1.165, 1.54) is 12.8 Å². The fourth-order valence-corrected chi connectivity index (χ4v) is 1.01. The molecule has 2 unspecified atom stereocenters. The van der Waals surface area contributed by atoms with Gasteiger partial charge >= 0.3 is 0 Å². The standard InChI is InChI=1S/C8H17NO/c1-3-5-6-10-8-7-9(8)4-2/h8H,3-7H2,1-2H3. The predicted octanol–water partition coefficient (Wildman–Crippen LogP) is 1.46. The van der Waals surface area contributed by atoms with Gasteiger partial charge < -0.3 is 4.74 Å². The molecule has 60 valence electrons. The average Bonchev–Trinajstić information content (AvgIpc) is 2.68. The first-order chi connectivity index (χ1) is 4.88. The zero-order valence-corrected chi connectivity index (χ0v) is 6.97. The highest BCUT2D eigenvalue weighted by Crippen LogP contribution is 2.17. The fraction of sp³-hybridized carbons (Fsp3) is 1.00. The van der Waals surface area contributed by atoms with Gasteiger partial charge in [-0.05, 0) is 13.0 Å². The topological polar surface area (TPSA) is 12.2 Å². The van der Waals surface area contributed by atoms with Crippen LogP contribution < -0.4 is 0 Å². The predicted molar refractivity (Wildman–Crippen MR) is 41.9 cm³/mol. The fourth-order valence-electron chi connectivity index (χ4n) is 1.01. The second kappa shape index (κ2) is 3.94. The molecule has 2 heteroatoms. The lowest BCUT2D eigenvalue weighted by Crippen LogP contribution is -2.05. The number of hydrogen-bond donors (Lipinski definition) is 0. The van der Waals surface area contributed by atoms with Crippen molar-refractivity contribution in [2.75, 3.05) is 19.7 Å². The van der Waals surface area contributed by atoms with Crippen molar-refractivity contribution in [3.8, 4) is 0 Å². The van der Waals surface area contributed by atoms with E-state index in [1.807, 2.05) is 0 Å². The molecule has 10 heavy (non-hydrogen) atoms. The van der Waals surface area contributed by atoms with Crippen LogP contribution in [0.4, 0.5) is 0 Å². The van der Waals surface area contributed by atoms with Crippen LogP contribution in [-0.2, 0) is 4.74 Å². The Morgan fingerprint density at radius 1 is 1.50 bits per heavy atom. The molecule has 1 rings (SSSR count). The molecule has 1 heterocycles. The second-order valence-corrected chi connectivity index (χ2v) is 2.77. The molecule has 0 radical (unpaired) electrons. The van der Waals surface area contributed by atoms with E-state index in [1.54, 1.807) is 0 Å². The van der Waals surface area contributed by atoms with Gasteiger partial charge in [0, 0.05) is 13.2 Å². The van der Waals surface area contributed by atoms with E-state index < -0.39 is 0 Å². The summed E-state index contributed by atoms with van der Waals surface area (Å²) in [5.41, 5.74) is 0. The molecule has 0 N–H and O–H groups in total. The van der Waals surface area contributed by atoms with E-state index in [0.29, 0.717) is 6.23 Å². The number of hydrogen-bond acceptors (Lipinski definition) is 2. The largest absolute Gasteiger partial charge is 0.362 e. The molecule has 2 atom stereocenters. The van der Waals surface area contributed by atoms with Crippen molar-refractivity contribution >= 4 is 0 Å². The van der Waals surface area contributed by atoms with Gasteiger partial charge in [-0.1, -0.05) is 20.3 Å². The minimum atomic E-state index is 0.469. The number of likely N-dealkylation sites (N-methyl/N-ethyl adjacent to an activating group) is 1. The Hall–Kier alpha value is -0.0800. The van der Waals surface area contributed by atoms with Gasteiger partial charge in [0.1, 0.15) is 6.23 Å². The molecule has 0 bridgehead atoms. The maximum Gasteiger partial charge on any atom is 0.123 e. The van der Waals surface area contributed by atoms with Crippen LogP contribution in [0.25, 0.3) is 0 Å². The van der Waals surface area contributed by atoms with E-state index >= 15 is 0 Å². The molecule has 1 saturated heterocycles. The van der Waals surface area contributed by atoms with Crippen molar-refractivity contribution in [3.63, 3.8) is 0 Å². The summed E-state index contributed by atoms with van der Waals surface area (Å²) in [6.45, 7) is 7.59. The van der Waals surface area contributed by atoms with Gasteiger partial charge in [-0.25, -0.2) is 0 Å². The lowest BCUT2D eigenvalue weighted by Gasteiger charge is -2.00. The Bertz CT molecular complexity index is 95.3. The Morgan fingerprint density at radius 2 is 2.30 bits per heavy atom. The highest BCUT2D eigenvalue weighted by Gasteiger charge is 2.32. The minimum absolute atomic E-state index is 0.469. The third-order valence-corrected chi connectivity index (χ3v) is 1.88. The number of unbranched alkanes of at least 4 members (excludes halogenated alkanes) is 1. The smallest absolute Gasteiger partial charge is 0.123 e. The highest BCUT2D eigenvalue weighted by atomic mass is 16.5. The second-order valence-electron chi connectivity index (χ2n) is 2.77. The van der Waals surface area contributed by atoms with Crippen molar-refractivity contribution in [1.29, 1.82) is 0 Å². The van der Waals surface area contributed by atoms with Gasteiger partial charge in [0.25, 0.3) is 0 Å². The van der Waals surface area contributed by atoms with E-state index in [4.69, 9.17) is 4.74 Å². The minimum Gasteiger partial charge on any atom is -0.362 e. The molecule has 1 aliphatic rings. The summed E-state index contributed by atoms with van der Waals surface area (Å²) in [5, 5.41) is 0. The van der Waals surface area contributed by atoms with Gasteiger partial charge in [-0.15, -0.1) is 0 Å². The summed E-state index contributed by atoms with van der Waals surface area (Å²) in [5.74, 6) is 0. The summed E-state index contributed by atoms with van der Waals surface area (Å²) in [6.07, 6.45) is 2.91.